The molecule has 0 fully saturated rings. The Balaban J connectivity index is 2.59. The maximum absolute atomic E-state index is 12.0. The van der Waals surface area contributed by atoms with Gasteiger partial charge >= 0.3 is 0 Å². The van der Waals surface area contributed by atoms with Crippen LogP contribution in [-0.2, 0) is 4.79 Å². The second-order valence-corrected chi connectivity index (χ2v) is 4.15. The Kier molecular flexibility index (Phi) is 2.77. The van der Waals surface area contributed by atoms with E-state index >= 15 is 0 Å². The Hall–Kier alpha value is -1.64. The number of anilines is 1. The number of fused-ring (bicyclic) bond motifs is 1. The van der Waals surface area contributed by atoms with Crippen LogP contribution < -0.4 is 4.90 Å². The van der Waals surface area contributed by atoms with E-state index in [4.69, 9.17) is 0 Å². The molecule has 0 saturated carbocycles. The quantitative estimate of drug-likeness (QED) is 0.710. The lowest BCUT2D eigenvalue weighted by Crippen LogP contribution is -2.30. The van der Waals surface area contributed by atoms with Crippen molar-refractivity contribution >= 4 is 23.0 Å². The molecule has 0 unspecified atom stereocenters. The topological polar surface area (TPSA) is 32.7 Å². The Morgan fingerprint density at radius 1 is 1.38 bits per heavy atom. The van der Waals surface area contributed by atoms with Crippen molar-refractivity contribution in [1.29, 1.82) is 0 Å². The van der Waals surface area contributed by atoms with Crippen LogP contribution in [0.3, 0.4) is 0 Å². The smallest absolute Gasteiger partial charge is 0.232 e. The van der Waals surface area contributed by atoms with Gasteiger partial charge in [-0.2, -0.15) is 0 Å². The summed E-state index contributed by atoms with van der Waals surface area (Å²) in [6.07, 6.45) is 0.418. The van der Waals surface area contributed by atoms with E-state index in [1.165, 1.54) is 0 Å². The molecule has 0 aliphatic carbocycles. The van der Waals surface area contributed by atoms with Crippen LogP contribution in [0.4, 0.5) is 11.4 Å². The number of nitrogens with zero attached hydrogens (tertiary/aromatic N) is 2. The van der Waals surface area contributed by atoms with Gasteiger partial charge in [0.25, 0.3) is 0 Å². The zero-order valence-corrected chi connectivity index (χ0v) is 9.95. The van der Waals surface area contributed by atoms with Crippen LogP contribution in [0.25, 0.3) is 0 Å². The second-order valence-electron chi connectivity index (χ2n) is 4.15. The van der Waals surface area contributed by atoms with Gasteiger partial charge in [0.05, 0.1) is 17.8 Å². The normalized spacial score (nSPS) is 15.6. The van der Waals surface area contributed by atoms with Crippen molar-refractivity contribution in [2.45, 2.75) is 27.2 Å². The van der Waals surface area contributed by atoms with Crippen LogP contribution in [0.15, 0.2) is 23.2 Å². The van der Waals surface area contributed by atoms with Crippen molar-refractivity contribution < 1.29 is 4.79 Å². The number of aliphatic imine (C=N–C) groups is 1. The molecule has 0 atom stereocenters. The summed E-state index contributed by atoms with van der Waals surface area (Å²) in [7, 11) is 0. The average Bonchev–Trinajstić information content (AvgIpc) is 2.33. The van der Waals surface area contributed by atoms with Gasteiger partial charge in [0.15, 0.2) is 0 Å². The number of aryl methyl sites for hydroxylation is 1. The SMILES string of the molecule is CCN1C(=O)CC(C)=Nc2ccc(C)cc21. The van der Waals surface area contributed by atoms with Gasteiger partial charge in [-0.3, -0.25) is 9.79 Å². The van der Waals surface area contributed by atoms with Gasteiger partial charge in [0.2, 0.25) is 5.91 Å². The summed E-state index contributed by atoms with van der Waals surface area (Å²) in [6, 6.07) is 6.04. The van der Waals surface area contributed by atoms with Crippen LogP contribution in [0, 0.1) is 6.92 Å². The molecule has 0 saturated heterocycles. The molecule has 0 bridgehead atoms. The number of benzene rings is 1. The summed E-state index contributed by atoms with van der Waals surface area (Å²) < 4.78 is 0. The van der Waals surface area contributed by atoms with Gasteiger partial charge in [-0.15, -0.1) is 0 Å². The largest absolute Gasteiger partial charge is 0.310 e. The maximum Gasteiger partial charge on any atom is 0.232 e. The number of hydrogen-bond acceptors (Lipinski definition) is 2. The molecule has 84 valence electrons. The summed E-state index contributed by atoms with van der Waals surface area (Å²) in [4.78, 5) is 18.3. The molecule has 1 heterocycles. The summed E-state index contributed by atoms with van der Waals surface area (Å²) in [5, 5.41) is 0. The first kappa shape index (κ1) is 10.9. The van der Waals surface area contributed by atoms with Gasteiger partial charge in [-0.05, 0) is 38.5 Å². The molecule has 2 rings (SSSR count). The number of hydrogen-bond donors (Lipinski definition) is 0. The Bertz CT molecular complexity index is 463. The Morgan fingerprint density at radius 3 is 2.81 bits per heavy atom. The molecule has 0 radical (unpaired) electrons. The molecule has 0 spiro atoms. The molecule has 0 N–H and O–H groups in total. The van der Waals surface area contributed by atoms with Crippen LogP contribution in [0.1, 0.15) is 25.8 Å². The third kappa shape index (κ3) is 1.85. The highest BCUT2D eigenvalue weighted by atomic mass is 16.2. The van der Waals surface area contributed by atoms with Crippen molar-refractivity contribution in [3.63, 3.8) is 0 Å². The number of carbonyl (C=O) groups is 1. The first-order chi connectivity index (χ1) is 7.61. The van der Waals surface area contributed by atoms with Crippen LogP contribution in [0.2, 0.25) is 0 Å². The lowest BCUT2D eigenvalue weighted by Gasteiger charge is -2.20. The van der Waals surface area contributed by atoms with E-state index in [1.54, 1.807) is 0 Å². The highest BCUT2D eigenvalue weighted by Crippen LogP contribution is 2.32. The van der Waals surface area contributed by atoms with Crippen LogP contribution in [0.5, 0.6) is 0 Å². The van der Waals surface area contributed by atoms with Gasteiger partial charge in [-0.25, -0.2) is 0 Å². The van der Waals surface area contributed by atoms with E-state index < -0.39 is 0 Å². The summed E-state index contributed by atoms with van der Waals surface area (Å²) in [6.45, 7) is 6.61. The molecule has 1 aromatic rings. The molecular formula is C13H16N2O. The average molecular weight is 216 g/mol. The number of rotatable bonds is 1. The molecule has 0 aromatic heterocycles. The Morgan fingerprint density at radius 2 is 2.12 bits per heavy atom. The Labute approximate surface area is 95.8 Å². The first-order valence-corrected chi connectivity index (χ1v) is 5.57. The molecule has 3 nitrogen and oxygen atoms in total. The molecular weight excluding hydrogens is 200 g/mol. The predicted molar refractivity (Wildman–Crippen MR) is 66.6 cm³/mol. The van der Waals surface area contributed by atoms with E-state index in [2.05, 4.69) is 4.99 Å². The molecule has 1 amide bonds. The second kappa shape index (κ2) is 4.08. The maximum atomic E-state index is 12.0. The molecule has 1 aliphatic rings. The number of amides is 1. The minimum Gasteiger partial charge on any atom is -0.310 e. The number of carbonyl (C=O) groups excluding carboxylic acids is 1. The molecule has 1 aliphatic heterocycles. The van der Waals surface area contributed by atoms with E-state index in [0.717, 1.165) is 22.6 Å². The zero-order valence-electron chi connectivity index (χ0n) is 9.95. The fraction of sp³-hybridized carbons (Fsp3) is 0.385. The predicted octanol–water partition coefficient (Wildman–Crippen LogP) is 2.84. The van der Waals surface area contributed by atoms with Gasteiger partial charge in [-0.1, -0.05) is 6.07 Å². The van der Waals surface area contributed by atoms with Gasteiger partial charge in [0, 0.05) is 12.3 Å². The molecule has 3 heteroatoms. The van der Waals surface area contributed by atoms with Crippen molar-refractivity contribution in [2.24, 2.45) is 4.99 Å². The summed E-state index contributed by atoms with van der Waals surface area (Å²) in [5.41, 5.74) is 3.87. The standard InChI is InChI=1S/C13H16N2O/c1-4-15-12-7-9(2)5-6-11(12)14-10(3)8-13(15)16/h5-7H,4,8H2,1-3H3. The third-order valence-electron chi connectivity index (χ3n) is 2.76. The zero-order chi connectivity index (χ0) is 11.7. The lowest BCUT2D eigenvalue weighted by molar-refractivity contribution is -0.117. The van der Waals surface area contributed by atoms with Crippen molar-refractivity contribution in [2.75, 3.05) is 11.4 Å². The van der Waals surface area contributed by atoms with E-state index in [1.807, 2.05) is 43.9 Å². The van der Waals surface area contributed by atoms with Crippen molar-refractivity contribution in [3.8, 4) is 0 Å². The van der Waals surface area contributed by atoms with Crippen molar-refractivity contribution in [3.05, 3.63) is 23.8 Å². The van der Waals surface area contributed by atoms with E-state index in [-0.39, 0.29) is 5.91 Å². The fourth-order valence-corrected chi connectivity index (χ4v) is 1.98. The minimum atomic E-state index is 0.133. The van der Waals surface area contributed by atoms with Crippen molar-refractivity contribution in [1.82, 2.24) is 0 Å². The van der Waals surface area contributed by atoms with Crippen LogP contribution in [-0.4, -0.2) is 18.2 Å². The summed E-state index contributed by atoms with van der Waals surface area (Å²) >= 11 is 0. The highest BCUT2D eigenvalue weighted by Gasteiger charge is 2.21. The first-order valence-electron chi connectivity index (χ1n) is 5.57. The van der Waals surface area contributed by atoms with E-state index in [0.29, 0.717) is 13.0 Å². The fourth-order valence-electron chi connectivity index (χ4n) is 1.98. The van der Waals surface area contributed by atoms with E-state index in [9.17, 15) is 4.79 Å². The third-order valence-corrected chi connectivity index (χ3v) is 2.76. The monoisotopic (exact) mass is 216 g/mol. The van der Waals surface area contributed by atoms with Crippen LogP contribution >= 0.6 is 0 Å². The van der Waals surface area contributed by atoms with Gasteiger partial charge < -0.3 is 4.90 Å². The molecule has 16 heavy (non-hydrogen) atoms. The summed E-state index contributed by atoms with van der Waals surface area (Å²) in [5.74, 6) is 0.133. The highest BCUT2D eigenvalue weighted by molar-refractivity contribution is 6.11. The molecule has 1 aromatic carbocycles. The minimum absolute atomic E-state index is 0.133. The van der Waals surface area contributed by atoms with Gasteiger partial charge in [0.1, 0.15) is 0 Å². The lowest BCUT2D eigenvalue weighted by atomic mass is 10.1.